The lowest BCUT2D eigenvalue weighted by atomic mass is 9.99. The van der Waals surface area contributed by atoms with Gasteiger partial charge in [-0.2, -0.15) is 0 Å². The van der Waals surface area contributed by atoms with Crippen LogP contribution in [0, 0.1) is 0 Å². The second kappa shape index (κ2) is 15.0. The largest absolute Gasteiger partial charge is 0.545 e. The number of carbonyl (C=O) groups is 2. The number of carboxylic acids is 1. The summed E-state index contributed by atoms with van der Waals surface area (Å²) >= 11 is 0. The Hall–Kier alpha value is -3.08. The van der Waals surface area contributed by atoms with E-state index in [0.717, 1.165) is 11.1 Å². The van der Waals surface area contributed by atoms with E-state index in [0.29, 0.717) is 0 Å². The molecule has 0 aromatic heterocycles. The predicted octanol–water partition coefficient (Wildman–Crippen LogP) is 0.533. The van der Waals surface area contributed by atoms with Crippen LogP contribution in [0.3, 0.4) is 0 Å². The molecule has 0 amide bonds. The van der Waals surface area contributed by atoms with Crippen LogP contribution in [-0.4, -0.2) is 69.7 Å². The summed E-state index contributed by atoms with van der Waals surface area (Å²) in [5, 5.41) is 49.3. The topological polar surface area (TPSA) is 157 Å². The number of aliphatic hydroxyl groups excluding tert-OH is 4. The quantitative estimate of drug-likeness (QED) is 0.195. The summed E-state index contributed by atoms with van der Waals surface area (Å²) in [5.41, 5.74) is 2.15. The summed E-state index contributed by atoms with van der Waals surface area (Å²) in [7, 11) is 0. The van der Waals surface area contributed by atoms with Crippen molar-refractivity contribution in [1.29, 1.82) is 0 Å². The molecule has 35 heavy (non-hydrogen) atoms. The van der Waals surface area contributed by atoms with Gasteiger partial charge in [0.05, 0.1) is 12.6 Å². The van der Waals surface area contributed by atoms with Gasteiger partial charge in [0.2, 0.25) is 6.29 Å². The van der Waals surface area contributed by atoms with Crippen LogP contribution in [0.25, 0.3) is 0 Å². The third-order valence-electron chi connectivity index (χ3n) is 4.96. The summed E-state index contributed by atoms with van der Waals surface area (Å²) < 4.78 is 10.2. The molecule has 192 valence electrons. The van der Waals surface area contributed by atoms with E-state index in [1.54, 1.807) is 24.3 Å². The van der Waals surface area contributed by atoms with Gasteiger partial charge in [0.1, 0.15) is 24.4 Å². The highest BCUT2D eigenvalue weighted by Gasteiger charge is 2.45. The third kappa shape index (κ3) is 10.4. The Labute approximate surface area is 205 Å². The van der Waals surface area contributed by atoms with Gasteiger partial charge in [0.15, 0.2) is 0 Å². The number of rotatable bonds is 10. The first-order valence-corrected chi connectivity index (χ1v) is 10.9. The van der Waals surface area contributed by atoms with Crippen LogP contribution in [0.4, 0.5) is 0 Å². The Balaban J connectivity index is 2.64. The number of hydrogen-bond acceptors (Lipinski definition) is 9. The van der Waals surface area contributed by atoms with Gasteiger partial charge in [0, 0.05) is 5.57 Å². The summed E-state index contributed by atoms with van der Waals surface area (Å²) in [6, 6.07) is 0. The SMILES string of the molecule is CC(/C=C/C=C(\C)C(=O)[O-])=C\C=C\C=C(C)\C=C\C=C(/C)C(=O)O[C@@H]1O[C@H](CO)[C@@H](O)[C@H](O)[C@H]1O. The molecule has 4 N–H and O–H groups in total. The molecule has 0 unspecified atom stereocenters. The second-order valence-electron chi connectivity index (χ2n) is 8.01. The van der Waals surface area contributed by atoms with Gasteiger partial charge in [0.25, 0.3) is 0 Å². The summed E-state index contributed by atoms with van der Waals surface area (Å²) in [5.74, 6) is -2.00. The second-order valence-corrected chi connectivity index (χ2v) is 8.01. The minimum Gasteiger partial charge on any atom is -0.545 e. The summed E-state index contributed by atoms with van der Waals surface area (Å²) in [6.45, 7) is 6.07. The lowest BCUT2D eigenvalue weighted by Gasteiger charge is -2.39. The molecule has 0 saturated carbocycles. The zero-order valence-corrected chi connectivity index (χ0v) is 20.2. The molecule has 1 saturated heterocycles. The van der Waals surface area contributed by atoms with Crippen LogP contribution in [0.1, 0.15) is 27.7 Å². The molecule has 0 aliphatic carbocycles. The molecule has 9 heteroatoms. The van der Waals surface area contributed by atoms with Crippen molar-refractivity contribution in [2.24, 2.45) is 0 Å². The first kappa shape index (κ1) is 30.0. The Morgan fingerprint density at radius 1 is 0.800 bits per heavy atom. The fourth-order valence-electron chi connectivity index (χ4n) is 2.71. The fourth-order valence-corrected chi connectivity index (χ4v) is 2.71. The predicted molar refractivity (Wildman–Crippen MR) is 127 cm³/mol. The lowest BCUT2D eigenvalue weighted by molar-refractivity contribution is -0.299. The van der Waals surface area contributed by atoms with Gasteiger partial charge >= 0.3 is 5.97 Å². The number of esters is 1. The smallest absolute Gasteiger partial charge is 0.336 e. The van der Waals surface area contributed by atoms with E-state index in [1.807, 2.05) is 38.2 Å². The summed E-state index contributed by atoms with van der Waals surface area (Å²) in [4.78, 5) is 22.9. The van der Waals surface area contributed by atoms with Crippen molar-refractivity contribution in [3.8, 4) is 0 Å². The maximum Gasteiger partial charge on any atom is 0.336 e. The lowest BCUT2D eigenvalue weighted by Crippen LogP contribution is -2.59. The Kier molecular flexibility index (Phi) is 12.9. The van der Waals surface area contributed by atoms with Crippen molar-refractivity contribution in [2.75, 3.05) is 6.61 Å². The van der Waals surface area contributed by atoms with E-state index in [-0.39, 0.29) is 11.1 Å². The first-order chi connectivity index (χ1) is 16.5. The monoisotopic (exact) mass is 489 g/mol. The average molecular weight is 490 g/mol. The number of aliphatic hydroxyl groups is 4. The standard InChI is InChI=1S/C26H34O9/c1-16(11-7-13-18(3)24(31)32)9-5-6-10-17(2)12-8-14-19(4)25(33)35-26-23(30)22(29)21(28)20(15-27)34-26/h5-14,20-23,26-30H,15H2,1-4H3,(H,31,32)/p-1/b6-5+,11-7+,12-8+,16-9+,17-10+,18-13+,19-14+/t20-,21-,22+,23-,26+/m1/s1. The molecule has 0 bridgehead atoms. The summed E-state index contributed by atoms with van der Waals surface area (Å²) in [6.07, 6.45) is 9.59. The normalized spacial score (nSPS) is 27.3. The van der Waals surface area contributed by atoms with Crippen molar-refractivity contribution >= 4 is 11.9 Å². The number of aliphatic carboxylic acids is 1. The third-order valence-corrected chi connectivity index (χ3v) is 4.96. The maximum atomic E-state index is 12.2. The molecule has 5 atom stereocenters. The zero-order chi connectivity index (χ0) is 26.5. The molecule has 0 radical (unpaired) electrons. The molecule has 1 heterocycles. The Bertz CT molecular complexity index is 948. The molecule has 1 fully saturated rings. The number of ether oxygens (including phenoxy) is 2. The fraction of sp³-hybridized carbons (Fsp3) is 0.385. The highest BCUT2D eigenvalue weighted by molar-refractivity contribution is 5.88. The maximum absolute atomic E-state index is 12.2. The van der Waals surface area contributed by atoms with Gasteiger partial charge in [-0.15, -0.1) is 0 Å². The van der Waals surface area contributed by atoms with Crippen LogP contribution >= 0.6 is 0 Å². The molecular weight excluding hydrogens is 456 g/mol. The first-order valence-electron chi connectivity index (χ1n) is 10.9. The van der Waals surface area contributed by atoms with E-state index >= 15 is 0 Å². The van der Waals surface area contributed by atoms with E-state index in [2.05, 4.69) is 0 Å². The van der Waals surface area contributed by atoms with Gasteiger partial charge in [-0.25, -0.2) is 4.79 Å². The molecule has 1 aliphatic rings. The Morgan fingerprint density at radius 3 is 1.80 bits per heavy atom. The Morgan fingerprint density at radius 2 is 1.31 bits per heavy atom. The molecule has 1 aliphatic heterocycles. The zero-order valence-electron chi connectivity index (χ0n) is 20.2. The average Bonchev–Trinajstić information content (AvgIpc) is 2.81. The van der Waals surface area contributed by atoms with Crippen LogP contribution in [0.2, 0.25) is 0 Å². The molecular formula is C26H33O9-. The van der Waals surface area contributed by atoms with Crippen molar-refractivity contribution in [2.45, 2.75) is 58.4 Å². The van der Waals surface area contributed by atoms with Gasteiger partial charge in [-0.1, -0.05) is 71.9 Å². The highest BCUT2D eigenvalue weighted by atomic mass is 16.7. The molecule has 0 aromatic rings. The van der Waals surface area contributed by atoms with Crippen LogP contribution in [-0.2, 0) is 19.1 Å². The van der Waals surface area contributed by atoms with Gasteiger partial charge in [-0.3, -0.25) is 0 Å². The molecule has 9 nitrogen and oxygen atoms in total. The van der Waals surface area contributed by atoms with Crippen LogP contribution < -0.4 is 5.11 Å². The highest BCUT2D eigenvalue weighted by Crippen LogP contribution is 2.22. The molecule has 0 aromatic carbocycles. The minimum atomic E-state index is -1.66. The number of hydrogen-bond donors (Lipinski definition) is 4. The van der Waals surface area contributed by atoms with Crippen molar-refractivity contribution in [3.05, 3.63) is 83.1 Å². The minimum absolute atomic E-state index is 0.140. The van der Waals surface area contributed by atoms with E-state index in [4.69, 9.17) is 9.47 Å². The number of carbonyl (C=O) groups excluding carboxylic acids is 2. The number of allylic oxidation sites excluding steroid dienone is 12. The van der Waals surface area contributed by atoms with Gasteiger partial charge < -0.3 is 39.8 Å². The molecule has 1 rings (SSSR count). The van der Waals surface area contributed by atoms with E-state index < -0.39 is 49.3 Å². The van der Waals surface area contributed by atoms with E-state index in [9.17, 15) is 35.1 Å². The van der Waals surface area contributed by atoms with Crippen LogP contribution in [0.15, 0.2) is 83.1 Å². The van der Waals surface area contributed by atoms with Crippen LogP contribution in [0.5, 0.6) is 0 Å². The van der Waals surface area contributed by atoms with Crippen molar-refractivity contribution < 1.29 is 44.6 Å². The number of carboxylic acid groups (broad SMARTS) is 1. The van der Waals surface area contributed by atoms with Gasteiger partial charge in [-0.05, 0) is 33.3 Å². The van der Waals surface area contributed by atoms with Crippen molar-refractivity contribution in [3.63, 3.8) is 0 Å². The van der Waals surface area contributed by atoms with E-state index in [1.165, 1.54) is 26.0 Å². The van der Waals surface area contributed by atoms with Crippen molar-refractivity contribution in [1.82, 2.24) is 0 Å². The molecule has 0 spiro atoms.